The number of benzene rings is 2. The zero-order valence-electron chi connectivity index (χ0n) is 18.0. The van der Waals surface area contributed by atoms with E-state index in [1.807, 2.05) is 31.2 Å². The van der Waals surface area contributed by atoms with Gasteiger partial charge in [0.2, 0.25) is 21.1 Å². The minimum Gasteiger partial charge on any atom is -0.330 e. The second kappa shape index (κ2) is 10.9. The number of nitrogens with one attached hydrogen (secondary N) is 2. The van der Waals surface area contributed by atoms with Gasteiger partial charge in [0.1, 0.15) is 0 Å². The Kier molecular flexibility index (Phi) is 8.24. The minimum atomic E-state index is -3.52. The molecule has 0 aliphatic carbocycles. The average Bonchev–Trinajstić information content (AvgIpc) is 3.22. The van der Waals surface area contributed by atoms with Gasteiger partial charge in [-0.3, -0.25) is 4.79 Å². The fraction of sp³-hybridized carbons (Fsp3) is 0.286. The number of sulfonamides is 1. The van der Waals surface area contributed by atoms with Crippen molar-refractivity contribution >= 4 is 55.5 Å². The topological polar surface area (TPSA) is 104 Å². The fourth-order valence-electron chi connectivity index (χ4n) is 2.89. The number of para-hydroxylation sites is 1. The lowest BCUT2D eigenvalue weighted by atomic mass is 10.2. The first kappa shape index (κ1) is 24.2. The van der Waals surface area contributed by atoms with Crippen LogP contribution in [-0.4, -0.2) is 47.7 Å². The molecule has 1 heterocycles. The second-order valence-corrected chi connectivity index (χ2v) is 10.9. The number of rotatable bonds is 10. The lowest BCUT2D eigenvalue weighted by Gasteiger charge is -2.18. The highest BCUT2D eigenvalue weighted by Gasteiger charge is 2.21. The molecule has 3 rings (SSSR count). The van der Waals surface area contributed by atoms with Crippen LogP contribution in [0.3, 0.4) is 0 Å². The monoisotopic (exact) mass is 491 g/mol. The normalized spacial score (nSPS) is 11.5. The van der Waals surface area contributed by atoms with E-state index in [1.54, 1.807) is 26.0 Å². The first-order valence-electron chi connectivity index (χ1n) is 10.0. The molecule has 0 saturated heterocycles. The molecule has 11 heteroatoms. The lowest BCUT2D eigenvalue weighted by Crippen LogP contribution is -2.30. The summed E-state index contributed by atoms with van der Waals surface area (Å²) in [5.41, 5.74) is 2.60. The van der Waals surface area contributed by atoms with E-state index in [9.17, 15) is 13.2 Å². The molecule has 8 nitrogen and oxygen atoms in total. The third-order valence-corrected chi connectivity index (χ3v) is 8.64. The minimum absolute atomic E-state index is 0.165. The van der Waals surface area contributed by atoms with Crippen molar-refractivity contribution in [2.45, 2.75) is 30.0 Å². The Labute approximate surface area is 196 Å². The van der Waals surface area contributed by atoms with Gasteiger partial charge in [0, 0.05) is 24.5 Å². The van der Waals surface area contributed by atoms with Crippen LogP contribution in [0.4, 0.5) is 16.5 Å². The summed E-state index contributed by atoms with van der Waals surface area (Å²) < 4.78 is 27.2. The number of amides is 1. The number of carbonyl (C=O) groups excluding carboxylic acids is 1. The van der Waals surface area contributed by atoms with Crippen molar-refractivity contribution in [2.24, 2.45) is 0 Å². The van der Waals surface area contributed by atoms with Crippen LogP contribution in [0, 0.1) is 6.92 Å². The van der Waals surface area contributed by atoms with Crippen LogP contribution in [0.1, 0.15) is 19.4 Å². The van der Waals surface area contributed by atoms with Crippen molar-refractivity contribution in [3.05, 3.63) is 54.1 Å². The molecule has 0 fully saturated rings. The summed E-state index contributed by atoms with van der Waals surface area (Å²) in [6.45, 7) is 6.42. The quantitative estimate of drug-likeness (QED) is 0.406. The van der Waals surface area contributed by atoms with Gasteiger partial charge < -0.3 is 10.6 Å². The van der Waals surface area contributed by atoms with Gasteiger partial charge in [0.05, 0.1) is 10.6 Å². The highest BCUT2D eigenvalue weighted by Crippen LogP contribution is 2.28. The van der Waals surface area contributed by atoms with E-state index in [0.29, 0.717) is 28.2 Å². The Morgan fingerprint density at radius 2 is 1.75 bits per heavy atom. The summed E-state index contributed by atoms with van der Waals surface area (Å²) in [5.74, 6) is -0.0450. The van der Waals surface area contributed by atoms with Crippen LogP contribution in [-0.2, 0) is 14.8 Å². The van der Waals surface area contributed by atoms with Gasteiger partial charge in [-0.25, -0.2) is 8.42 Å². The van der Waals surface area contributed by atoms with Crippen molar-refractivity contribution in [3.63, 3.8) is 0 Å². The van der Waals surface area contributed by atoms with Gasteiger partial charge in [0.15, 0.2) is 4.34 Å². The maximum atomic E-state index is 12.5. The first-order valence-corrected chi connectivity index (χ1v) is 13.3. The zero-order chi connectivity index (χ0) is 23.1. The zero-order valence-corrected chi connectivity index (χ0v) is 20.5. The third kappa shape index (κ3) is 6.06. The molecule has 0 aliphatic rings. The number of aromatic nitrogens is 2. The third-order valence-electron chi connectivity index (χ3n) is 4.60. The van der Waals surface area contributed by atoms with Crippen LogP contribution < -0.4 is 10.6 Å². The summed E-state index contributed by atoms with van der Waals surface area (Å²) in [6.07, 6.45) is 0. The van der Waals surface area contributed by atoms with Crippen LogP contribution in [0.5, 0.6) is 0 Å². The van der Waals surface area contributed by atoms with E-state index in [2.05, 4.69) is 20.8 Å². The molecule has 170 valence electrons. The van der Waals surface area contributed by atoms with E-state index >= 15 is 0 Å². The Morgan fingerprint density at radius 1 is 1.06 bits per heavy atom. The van der Waals surface area contributed by atoms with Crippen molar-refractivity contribution in [2.75, 3.05) is 29.5 Å². The summed E-state index contributed by atoms with van der Waals surface area (Å²) >= 11 is 2.67. The number of carbonyl (C=O) groups is 1. The smallest absolute Gasteiger partial charge is 0.243 e. The molecule has 0 unspecified atom stereocenters. The van der Waals surface area contributed by atoms with Crippen molar-refractivity contribution < 1.29 is 13.2 Å². The van der Waals surface area contributed by atoms with Crippen molar-refractivity contribution in [3.8, 4) is 0 Å². The molecule has 2 N–H and O–H groups in total. The fourth-order valence-corrected chi connectivity index (χ4v) is 5.92. The largest absolute Gasteiger partial charge is 0.330 e. The summed E-state index contributed by atoms with van der Waals surface area (Å²) in [4.78, 5) is 12.5. The van der Waals surface area contributed by atoms with Crippen molar-refractivity contribution in [1.82, 2.24) is 14.5 Å². The maximum absolute atomic E-state index is 12.5. The van der Waals surface area contributed by atoms with Gasteiger partial charge in [-0.1, -0.05) is 55.1 Å². The molecule has 0 spiro atoms. The summed E-state index contributed by atoms with van der Waals surface area (Å²) in [5, 5.41) is 14.9. The Bertz CT molecular complexity index is 1160. The van der Waals surface area contributed by atoms with Gasteiger partial charge in [0.25, 0.3) is 0 Å². The predicted octanol–water partition coefficient (Wildman–Crippen LogP) is 4.35. The summed E-state index contributed by atoms with van der Waals surface area (Å²) in [6, 6.07) is 14.1. The van der Waals surface area contributed by atoms with Gasteiger partial charge in [-0.15, -0.1) is 10.2 Å². The first-order chi connectivity index (χ1) is 15.3. The molecule has 3 aromatic rings. The molecule has 0 bridgehead atoms. The highest BCUT2D eigenvalue weighted by molar-refractivity contribution is 8.01. The van der Waals surface area contributed by atoms with E-state index < -0.39 is 10.0 Å². The molecule has 2 aromatic carbocycles. The second-order valence-electron chi connectivity index (χ2n) is 6.76. The Balaban J connectivity index is 1.53. The number of hydrogen-bond donors (Lipinski definition) is 2. The standard InChI is InChI=1S/C21H25N5O3S3/c1-4-26(5-2)32(28,29)17-12-10-16(11-13-17)22-19(27)14-30-21-25-24-20(31-21)23-18-9-7-6-8-15(18)3/h6-13H,4-5,14H2,1-3H3,(H,22,27)(H,23,24). The number of thioether (sulfide) groups is 1. The van der Waals surface area contributed by atoms with Crippen LogP contribution >= 0.6 is 23.1 Å². The van der Waals surface area contributed by atoms with E-state index in [-0.39, 0.29) is 16.6 Å². The number of nitrogens with zero attached hydrogens (tertiary/aromatic N) is 3. The molecular formula is C21H25N5O3S3. The highest BCUT2D eigenvalue weighted by atomic mass is 32.2. The average molecular weight is 492 g/mol. The number of anilines is 3. The molecular weight excluding hydrogens is 466 g/mol. The number of aryl methyl sites for hydroxylation is 1. The molecule has 0 radical (unpaired) electrons. The van der Waals surface area contributed by atoms with Crippen LogP contribution in [0.15, 0.2) is 57.8 Å². The van der Waals surface area contributed by atoms with E-state index in [0.717, 1.165) is 11.3 Å². The SMILES string of the molecule is CCN(CC)S(=O)(=O)c1ccc(NC(=O)CSc2nnc(Nc3ccccc3C)s2)cc1. The molecule has 1 amide bonds. The van der Waals surface area contributed by atoms with Gasteiger partial charge in [-0.05, 0) is 42.8 Å². The van der Waals surface area contributed by atoms with Crippen LogP contribution in [0.2, 0.25) is 0 Å². The molecule has 1 aromatic heterocycles. The van der Waals surface area contributed by atoms with Crippen LogP contribution in [0.25, 0.3) is 0 Å². The summed E-state index contributed by atoms with van der Waals surface area (Å²) in [7, 11) is -3.52. The van der Waals surface area contributed by atoms with E-state index in [4.69, 9.17) is 0 Å². The molecule has 0 aliphatic heterocycles. The molecule has 0 saturated carbocycles. The Morgan fingerprint density at radius 3 is 2.41 bits per heavy atom. The maximum Gasteiger partial charge on any atom is 0.243 e. The lowest BCUT2D eigenvalue weighted by molar-refractivity contribution is -0.113. The Hall–Kier alpha value is -2.47. The molecule has 0 atom stereocenters. The van der Waals surface area contributed by atoms with E-state index in [1.165, 1.54) is 39.5 Å². The predicted molar refractivity (Wildman–Crippen MR) is 130 cm³/mol. The molecule has 32 heavy (non-hydrogen) atoms. The van der Waals surface area contributed by atoms with Gasteiger partial charge in [-0.2, -0.15) is 4.31 Å². The van der Waals surface area contributed by atoms with Gasteiger partial charge >= 0.3 is 0 Å². The van der Waals surface area contributed by atoms with Crippen molar-refractivity contribution in [1.29, 1.82) is 0 Å². The number of hydrogen-bond acceptors (Lipinski definition) is 8.